The van der Waals surface area contributed by atoms with Crippen molar-refractivity contribution in [3.8, 4) is 0 Å². The van der Waals surface area contributed by atoms with Crippen LogP contribution in [0.25, 0.3) is 4.96 Å². The van der Waals surface area contributed by atoms with Crippen molar-refractivity contribution < 1.29 is 9.59 Å². The number of thiazole rings is 1. The van der Waals surface area contributed by atoms with Crippen LogP contribution in [0.15, 0.2) is 34.6 Å². The summed E-state index contributed by atoms with van der Waals surface area (Å²) in [5.41, 5.74) is 1.92. The van der Waals surface area contributed by atoms with Crippen LogP contribution in [0.1, 0.15) is 36.9 Å². The van der Waals surface area contributed by atoms with E-state index in [4.69, 9.17) is 0 Å². The topological polar surface area (TPSA) is 75.5 Å². The van der Waals surface area contributed by atoms with E-state index in [0.717, 1.165) is 29.9 Å². The van der Waals surface area contributed by atoms with E-state index in [0.29, 0.717) is 25.8 Å². The average molecular weight is 403 g/mol. The standard InChI is InChI=1S/C19H22N4O2S2/c24-16(20-7-3-15-12-23-8-10-27-18(23)21-15)1-5-19(6-2-17(25)22-19)11-14-4-9-26-13-14/h4,8-10,12-13H,1-3,5-7,11H2,(H,20,24)(H,22,25)/t19-/m0/s1. The van der Waals surface area contributed by atoms with E-state index in [9.17, 15) is 9.59 Å². The van der Waals surface area contributed by atoms with Gasteiger partial charge in [-0.3, -0.25) is 14.0 Å². The van der Waals surface area contributed by atoms with Crippen LogP contribution < -0.4 is 10.6 Å². The lowest BCUT2D eigenvalue weighted by Gasteiger charge is -2.29. The summed E-state index contributed by atoms with van der Waals surface area (Å²) in [5, 5.41) is 12.3. The van der Waals surface area contributed by atoms with Crippen molar-refractivity contribution >= 4 is 39.4 Å². The maximum atomic E-state index is 12.3. The minimum atomic E-state index is -0.288. The molecule has 0 unspecified atom stereocenters. The van der Waals surface area contributed by atoms with Gasteiger partial charge in [-0.25, -0.2) is 4.98 Å². The molecule has 0 radical (unpaired) electrons. The van der Waals surface area contributed by atoms with Crippen molar-refractivity contribution in [2.75, 3.05) is 6.54 Å². The minimum absolute atomic E-state index is 0.0295. The molecule has 6 nitrogen and oxygen atoms in total. The molecule has 1 fully saturated rings. The van der Waals surface area contributed by atoms with Gasteiger partial charge < -0.3 is 10.6 Å². The first kappa shape index (κ1) is 18.2. The normalized spacial score (nSPS) is 19.5. The van der Waals surface area contributed by atoms with E-state index in [1.54, 1.807) is 22.7 Å². The number of hydrogen-bond donors (Lipinski definition) is 2. The predicted octanol–water partition coefficient (Wildman–Crippen LogP) is 2.79. The Bertz CT molecular complexity index is 902. The molecule has 0 saturated carbocycles. The highest BCUT2D eigenvalue weighted by molar-refractivity contribution is 7.15. The van der Waals surface area contributed by atoms with Crippen LogP contribution >= 0.6 is 22.7 Å². The van der Waals surface area contributed by atoms with E-state index in [-0.39, 0.29) is 17.4 Å². The number of amides is 2. The average Bonchev–Trinajstić information content (AvgIpc) is 3.39. The molecular formula is C19H22N4O2S2. The summed E-state index contributed by atoms with van der Waals surface area (Å²) in [6, 6.07) is 2.09. The number of rotatable bonds is 8. The molecule has 1 aliphatic rings. The van der Waals surface area contributed by atoms with Crippen molar-refractivity contribution in [3.63, 3.8) is 0 Å². The van der Waals surface area contributed by atoms with E-state index >= 15 is 0 Å². The van der Waals surface area contributed by atoms with Gasteiger partial charge in [0.1, 0.15) is 0 Å². The molecule has 1 aliphatic heterocycles. The first-order valence-corrected chi connectivity index (χ1v) is 10.9. The molecule has 2 amide bonds. The molecule has 0 aliphatic carbocycles. The lowest BCUT2D eigenvalue weighted by Crippen LogP contribution is -2.44. The molecule has 0 aromatic carbocycles. The SMILES string of the molecule is O=C(CC[C@@]1(Cc2ccsc2)CCC(=O)N1)NCCc1cn2ccsc2n1. The first-order chi connectivity index (χ1) is 13.1. The second-order valence-corrected chi connectivity index (χ2v) is 8.71. The fraction of sp³-hybridized carbons (Fsp3) is 0.421. The molecule has 3 aromatic heterocycles. The van der Waals surface area contributed by atoms with Crippen LogP contribution in [0.2, 0.25) is 0 Å². The van der Waals surface area contributed by atoms with Crippen LogP contribution in [0.3, 0.4) is 0 Å². The number of fused-ring (bicyclic) bond motifs is 1. The zero-order valence-corrected chi connectivity index (χ0v) is 16.6. The van der Waals surface area contributed by atoms with Gasteiger partial charge >= 0.3 is 0 Å². The quantitative estimate of drug-likeness (QED) is 0.608. The fourth-order valence-electron chi connectivity index (χ4n) is 3.63. The van der Waals surface area contributed by atoms with Gasteiger partial charge in [0.15, 0.2) is 4.96 Å². The van der Waals surface area contributed by atoms with Gasteiger partial charge in [0.2, 0.25) is 11.8 Å². The summed E-state index contributed by atoms with van der Waals surface area (Å²) in [6.45, 7) is 0.577. The van der Waals surface area contributed by atoms with Crippen LogP contribution in [0.4, 0.5) is 0 Å². The third-order valence-corrected chi connectivity index (χ3v) is 6.54. The summed E-state index contributed by atoms with van der Waals surface area (Å²) in [7, 11) is 0. The molecule has 4 heterocycles. The largest absolute Gasteiger partial charge is 0.356 e. The lowest BCUT2D eigenvalue weighted by molar-refractivity contribution is -0.122. The summed E-state index contributed by atoms with van der Waals surface area (Å²) in [5.74, 6) is 0.118. The molecule has 27 heavy (non-hydrogen) atoms. The van der Waals surface area contributed by atoms with Crippen LogP contribution in [0.5, 0.6) is 0 Å². The fourth-order valence-corrected chi connectivity index (χ4v) is 5.02. The smallest absolute Gasteiger partial charge is 0.220 e. The summed E-state index contributed by atoms with van der Waals surface area (Å²) in [4.78, 5) is 29.6. The Morgan fingerprint density at radius 3 is 3.07 bits per heavy atom. The van der Waals surface area contributed by atoms with Gasteiger partial charge in [-0.05, 0) is 41.7 Å². The van der Waals surface area contributed by atoms with Gasteiger partial charge in [-0.2, -0.15) is 11.3 Å². The number of thiophene rings is 1. The monoisotopic (exact) mass is 402 g/mol. The third kappa shape index (κ3) is 4.39. The van der Waals surface area contributed by atoms with Gasteiger partial charge in [-0.1, -0.05) is 0 Å². The molecule has 1 saturated heterocycles. The highest BCUT2D eigenvalue weighted by Crippen LogP contribution is 2.30. The van der Waals surface area contributed by atoms with E-state index in [1.165, 1.54) is 5.56 Å². The highest BCUT2D eigenvalue weighted by atomic mass is 32.1. The molecule has 142 valence electrons. The molecule has 0 spiro atoms. The Kier molecular flexibility index (Phi) is 5.27. The Labute approximate surface area is 165 Å². The Hall–Kier alpha value is -2.19. The maximum Gasteiger partial charge on any atom is 0.220 e. The highest BCUT2D eigenvalue weighted by Gasteiger charge is 2.37. The van der Waals surface area contributed by atoms with Crippen LogP contribution in [-0.4, -0.2) is 33.3 Å². The van der Waals surface area contributed by atoms with Gasteiger partial charge in [0.05, 0.1) is 5.69 Å². The number of carbonyl (C=O) groups excluding carboxylic acids is 2. The van der Waals surface area contributed by atoms with Gasteiger partial charge in [0.25, 0.3) is 0 Å². The second kappa shape index (κ2) is 7.82. The van der Waals surface area contributed by atoms with Crippen molar-refractivity contribution in [3.05, 3.63) is 45.9 Å². The molecule has 3 aromatic rings. The summed E-state index contributed by atoms with van der Waals surface area (Å²) >= 11 is 3.26. The van der Waals surface area contributed by atoms with E-state index in [1.807, 2.05) is 27.6 Å². The second-order valence-electron chi connectivity index (χ2n) is 7.06. The van der Waals surface area contributed by atoms with Crippen LogP contribution in [0, 0.1) is 0 Å². The number of aromatic nitrogens is 2. The maximum absolute atomic E-state index is 12.3. The van der Waals surface area contributed by atoms with E-state index < -0.39 is 0 Å². The zero-order chi connectivity index (χ0) is 18.7. The Morgan fingerprint density at radius 2 is 2.33 bits per heavy atom. The molecule has 1 atom stereocenters. The van der Waals surface area contributed by atoms with Gasteiger partial charge in [-0.15, -0.1) is 11.3 Å². The summed E-state index contributed by atoms with van der Waals surface area (Å²) < 4.78 is 2.00. The first-order valence-electron chi connectivity index (χ1n) is 9.12. The molecule has 8 heteroatoms. The Balaban J connectivity index is 1.26. The number of hydrogen-bond acceptors (Lipinski definition) is 5. The lowest BCUT2D eigenvalue weighted by atomic mass is 9.85. The summed E-state index contributed by atoms with van der Waals surface area (Å²) in [6.07, 6.45) is 7.92. The van der Waals surface area contributed by atoms with E-state index in [2.05, 4.69) is 27.1 Å². The number of nitrogens with one attached hydrogen (secondary N) is 2. The molecule has 4 rings (SSSR count). The minimum Gasteiger partial charge on any atom is -0.356 e. The predicted molar refractivity (Wildman–Crippen MR) is 107 cm³/mol. The van der Waals surface area contributed by atoms with Crippen molar-refractivity contribution in [1.29, 1.82) is 0 Å². The molecule has 2 N–H and O–H groups in total. The number of nitrogens with zero attached hydrogens (tertiary/aromatic N) is 2. The number of imidazole rings is 1. The van der Waals surface area contributed by atoms with Crippen molar-refractivity contribution in [2.24, 2.45) is 0 Å². The zero-order valence-electron chi connectivity index (χ0n) is 14.9. The molecule has 0 bridgehead atoms. The Morgan fingerprint density at radius 1 is 1.41 bits per heavy atom. The third-order valence-electron chi connectivity index (χ3n) is 5.03. The van der Waals surface area contributed by atoms with Crippen LogP contribution in [-0.2, 0) is 22.4 Å². The van der Waals surface area contributed by atoms with Crippen molar-refractivity contribution in [2.45, 2.75) is 44.1 Å². The molecular weight excluding hydrogens is 380 g/mol. The number of carbonyl (C=O) groups is 2. The van der Waals surface area contributed by atoms with Gasteiger partial charge in [0, 0.05) is 49.1 Å². The van der Waals surface area contributed by atoms with Crippen molar-refractivity contribution in [1.82, 2.24) is 20.0 Å².